The van der Waals surface area contributed by atoms with Gasteiger partial charge in [0.1, 0.15) is 12.4 Å². The van der Waals surface area contributed by atoms with Gasteiger partial charge in [0, 0.05) is 26.3 Å². The summed E-state index contributed by atoms with van der Waals surface area (Å²) in [6.45, 7) is 6.91. The number of rotatable bonds is 10. The molecule has 30 heavy (non-hydrogen) atoms. The number of nitrogens with one attached hydrogen (secondary N) is 1. The van der Waals surface area contributed by atoms with E-state index in [0.717, 1.165) is 16.9 Å². The predicted molar refractivity (Wildman–Crippen MR) is 117 cm³/mol. The largest absolute Gasteiger partial charge is 0.492 e. The Bertz CT molecular complexity index is 969. The zero-order valence-electron chi connectivity index (χ0n) is 18.2. The minimum absolute atomic E-state index is 0.0486. The van der Waals surface area contributed by atoms with E-state index in [4.69, 9.17) is 9.47 Å². The van der Waals surface area contributed by atoms with Crippen LogP contribution in [0.3, 0.4) is 0 Å². The maximum Gasteiger partial charge on any atom is 0.254 e. The van der Waals surface area contributed by atoms with E-state index in [1.807, 2.05) is 26.0 Å². The molecule has 2 rings (SSSR count). The van der Waals surface area contributed by atoms with Crippen molar-refractivity contribution in [2.24, 2.45) is 0 Å². The summed E-state index contributed by atoms with van der Waals surface area (Å²) in [6, 6.07) is 10.5. The van der Waals surface area contributed by atoms with Crippen molar-refractivity contribution in [3.63, 3.8) is 0 Å². The molecule has 0 saturated heterocycles. The number of methoxy groups -OCH3 is 1. The fraction of sp³-hybridized carbons (Fsp3) is 0.409. The third-order valence-corrected chi connectivity index (χ3v) is 6.04. The van der Waals surface area contributed by atoms with Crippen LogP contribution < -0.4 is 9.46 Å². The number of hydrogen-bond acceptors (Lipinski definition) is 5. The number of amides is 1. The highest BCUT2D eigenvalue weighted by Crippen LogP contribution is 2.18. The van der Waals surface area contributed by atoms with Crippen molar-refractivity contribution >= 4 is 15.9 Å². The lowest BCUT2D eigenvalue weighted by Gasteiger charge is -2.19. The summed E-state index contributed by atoms with van der Waals surface area (Å²) >= 11 is 0. The van der Waals surface area contributed by atoms with Gasteiger partial charge in [-0.25, -0.2) is 13.1 Å². The van der Waals surface area contributed by atoms with E-state index in [1.54, 1.807) is 20.0 Å². The average molecular weight is 435 g/mol. The summed E-state index contributed by atoms with van der Waals surface area (Å²) in [4.78, 5) is 14.5. The summed E-state index contributed by atoms with van der Waals surface area (Å²) < 4.78 is 38.0. The lowest BCUT2D eigenvalue weighted by Crippen LogP contribution is -2.32. The Labute approximate surface area is 179 Å². The van der Waals surface area contributed by atoms with Gasteiger partial charge in [-0.3, -0.25) is 4.79 Å². The third-order valence-electron chi connectivity index (χ3n) is 4.59. The number of nitrogens with zero attached hydrogens (tertiary/aromatic N) is 1. The van der Waals surface area contributed by atoms with Crippen molar-refractivity contribution in [3.05, 3.63) is 58.7 Å². The fourth-order valence-corrected chi connectivity index (χ4v) is 4.02. The van der Waals surface area contributed by atoms with Crippen LogP contribution in [0.25, 0.3) is 0 Å². The van der Waals surface area contributed by atoms with Gasteiger partial charge < -0.3 is 14.4 Å². The smallest absolute Gasteiger partial charge is 0.254 e. The van der Waals surface area contributed by atoms with E-state index < -0.39 is 10.0 Å². The zero-order chi connectivity index (χ0) is 22.3. The molecule has 0 spiro atoms. The van der Waals surface area contributed by atoms with Gasteiger partial charge in [0.15, 0.2) is 0 Å². The molecule has 0 bridgehead atoms. The summed E-state index contributed by atoms with van der Waals surface area (Å²) in [5.41, 5.74) is 3.28. The molecular weight excluding hydrogens is 404 g/mol. The molecule has 8 heteroatoms. The topological polar surface area (TPSA) is 84.9 Å². The Balaban J connectivity index is 2.05. The van der Waals surface area contributed by atoms with E-state index >= 15 is 0 Å². The molecule has 0 aliphatic heterocycles. The molecule has 1 amide bonds. The van der Waals surface area contributed by atoms with Gasteiger partial charge in [0.25, 0.3) is 5.91 Å². The molecule has 2 aromatic carbocycles. The van der Waals surface area contributed by atoms with Crippen LogP contribution in [0.2, 0.25) is 0 Å². The highest BCUT2D eigenvalue weighted by molar-refractivity contribution is 7.89. The maximum atomic E-state index is 12.9. The van der Waals surface area contributed by atoms with Crippen molar-refractivity contribution < 1.29 is 22.7 Å². The van der Waals surface area contributed by atoms with Crippen LogP contribution in [-0.4, -0.2) is 59.7 Å². The number of carbonyl (C=O) groups is 1. The Morgan fingerprint density at radius 2 is 1.70 bits per heavy atom. The van der Waals surface area contributed by atoms with Crippen LogP contribution in [0.5, 0.6) is 5.75 Å². The standard InChI is InChI=1S/C22H30N2O5S/c1-16-12-17(2)14-19(13-16)29-11-9-24(4)22(25)21-15-20(7-6-18(21)3)30(26,27)23-8-10-28-5/h6-7,12-15,23H,8-11H2,1-5H3. The second kappa shape index (κ2) is 10.6. The lowest BCUT2D eigenvalue weighted by molar-refractivity contribution is 0.0772. The van der Waals surface area contributed by atoms with Gasteiger partial charge in [0.2, 0.25) is 10.0 Å². The van der Waals surface area contributed by atoms with E-state index in [9.17, 15) is 13.2 Å². The minimum atomic E-state index is -3.72. The third kappa shape index (κ3) is 6.55. The van der Waals surface area contributed by atoms with Crippen LogP contribution >= 0.6 is 0 Å². The molecule has 0 unspecified atom stereocenters. The predicted octanol–water partition coefficient (Wildman–Crippen LogP) is 2.69. The van der Waals surface area contributed by atoms with Gasteiger partial charge in [-0.15, -0.1) is 0 Å². The van der Waals surface area contributed by atoms with Crippen molar-refractivity contribution in [2.75, 3.05) is 40.5 Å². The van der Waals surface area contributed by atoms with Crippen LogP contribution in [-0.2, 0) is 14.8 Å². The minimum Gasteiger partial charge on any atom is -0.492 e. The molecule has 0 radical (unpaired) electrons. The van der Waals surface area contributed by atoms with Crippen LogP contribution in [0.15, 0.2) is 41.3 Å². The van der Waals surface area contributed by atoms with E-state index in [0.29, 0.717) is 24.3 Å². The van der Waals surface area contributed by atoms with Gasteiger partial charge in [0.05, 0.1) is 18.0 Å². The average Bonchev–Trinajstić information content (AvgIpc) is 2.67. The molecule has 7 nitrogen and oxygen atoms in total. The summed E-state index contributed by atoms with van der Waals surface area (Å²) in [7, 11) is -0.550. The highest BCUT2D eigenvalue weighted by atomic mass is 32.2. The fourth-order valence-electron chi connectivity index (χ4n) is 2.98. The van der Waals surface area contributed by atoms with Crippen molar-refractivity contribution in [1.29, 1.82) is 0 Å². The van der Waals surface area contributed by atoms with Crippen molar-refractivity contribution in [3.8, 4) is 5.75 Å². The molecule has 0 saturated carbocycles. The quantitative estimate of drug-likeness (QED) is 0.581. The number of sulfonamides is 1. The van der Waals surface area contributed by atoms with Gasteiger partial charge in [-0.05, 0) is 61.7 Å². The molecule has 0 heterocycles. The molecule has 0 aliphatic carbocycles. The summed E-state index contributed by atoms with van der Waals surface area (Å²) in [6.07, 6.45) is 0. The monoisotopic (exact) mass is 434 g/mol. The molecule has 2 aromatic rings. The summed E-state index contributed by atoms with van der Waals surface area (Å²) in [5.74, 6) is 0.505. The number of carbonyl (C=O) groups excluding carboxylic acids is 1. The van der Waals surface area contributed by atoms with E-state index in [2.05, 4.69) is 10.8 Å². The SMILES string of the molecule is COCCNS(=O)(=O)c1ccc(C)c(C(=O)N(C)CCOc2cc(C)cc(C)c2)c1. The second-order valence-electron chi connectivity index (χ2n) is 7.27. The first-order chi connectivity index (χ1) is 14.1. The Hall–Kier alpha value is -2.42. The van der Waals surface area contributed by atoms with Crippen molar-refractivity contribution in [2.45, 2.75) is 25.7 Å². The number of hydrogen-bond donors (Lipinski definition) is 1. The zero-order valence-corrected chi connectivity index (χ0v) is 19.0. The number of aryl methyl sites for hydroxylation is 3. The first-order valence-corrected chi connectivity index (χ1v) is 11.2. The normalized spacial score (nSPS) is 11.4. The van der Waals surface area contributed by atoms with E-state index in [-0.39, 0.29) is 24.0 Å². The first kappa shape index (κ1) is 23.9. The Morgan fingerprint density at radius 1 is 1.03 bits per heavy atom. The number of ether oxygens (including phenoxy) is 2. The van der Waals surface area contributed by atoms with Crippen LogP contribution in [0, 0.1) is 20.8 Å². The number of likely N-dealkylation sites (N-methyl/N-ethyl adjacent to an activating group) is 1. The van der Waals surface area contributed by atoms with Crippen molar-refractivity contribution in [1.82, 2.24) is 9.62 Å². The number of benzene rings is 2. The first-order valence-electron chi connectivity index (χ1n) is 9.70. The van der Waals surface area contributed by atoms with Gasteiger partial charge in [-0.2, -0.15) is 0 Å². The van der Waals surface area contributed by atoms with Crippen LogP contribution in [0.4, 0.5) is 0 Å². The van der Waals surface area contributed by atoms with Gasteiger partial charge in [-0.1, -0.05) is 12.1 Å². The van der Waals surface area contributed by atoms with Crippen LogP contribution in [0.1, 0.15) is 27.0 Å². The lowest BCUT2D eigenvalue weighted by atomic mass is 10.1. The summed E-state index contributed by atoms with van der Waals surface area (Å²) in [5, 5.41) is 0. The Morgan fingerprint density at radius 3 is 2.33 bits per heavy atom. The molecule has 0 aromatic heterocycles. The molecule has 0 fully saturated rings. The highest BCUT2D eigenvalue weighted by Gasteiger charge is 2.20. The molecule has 0 aliphatic rings. The second-order valence-corrected chi connectivity index (χ2v) is 9.03. The molecule has 164 valence electrons. The molecular formula is C22H30N2O5S. The molecule has 1 N–H and O–H groups in total. The Kier molecular flexibility index (Phi) is 8.40. The maximum absolute atomic E-state index is 12.9. The van der Waals surface area contributed by atoms with E-state index in [1.165, 1.54) is 24.1 Å². The molecule has 0 atom stereocenters. The van der Waals surface area contributed by atoms with Gasteiger partial charge >= 0.3 is 0 Å².